The van der Waals surface area contributed by atoms with Crippen molar-refractivity contribution in [3.8, 4) is 0 Å². The van der Waals surface area contributed by atoms with Gasteiger partial charge in [0.1, 0.15) is 12.2 Å². The SMILES string of the molecule is O=C(O)c1ccc2c(c1)[NH+](Cc1cnc[nH]1)CC2. The molecule has 1 atom stereocenters. The molecule has 1 aromatic heterocycles. The van der Waals surface area contributed by atoms with Gasteiger partial charge in [0, 0.05) is 18.1 Å². The first-order chi connectivity index (χ1) is 8.74. The number of aromatic carboxylic acids is 1. The van der Waals surface area contributed by atoms with Crippen LogP contribution in [0.1, 0.15) is 21.6 Å². The van der Waals surface area contributed by atoms with E-state index in [-0.39, 0.29) is 0 Å². The minimum Gasteiger partial charge on any atom is -0.478 e. The lowest BCUT2D eigenvalue weighted by Gasteiger charge is -2.12. The van der Waals surface area contributed by atoms with Crippen LogP contribution in [-0.2, 0) is 13.0 Å². The molecule has 0 bridgehead atoms. The molecule has 1 aliphatic heterocycles. The third kappa shape index (κ3) is 1.89. The van der Waals surface area contributed by atoms with E-state index in [4.69, 9.17) is 5.11 Å². The number of carboxylic acid groups (broad SMARTS) is 1. The summed E-state index contributed by atoms with van der Waals surface area (Å²) in [5.74, 6) is -0.870. The van der Waals surface area contributed by atoms with Gasteiger partial charge in [-0.1, -0.05) is 6.07 Å². The van der Waals surface area contributed by atoms with Crippen molar-refractivity contribution in [2.75, 3.05) is 6.54 Å². The number of benzene rings is 1. The van der Waals surface area contributed by atoms with E-state index in [1.807, 2.05) is 12.3 Å². The van der Waals surface area contributed by atoms with Crippen LogP contribution in [-0.4, -0.2) is 27.6 Å². The minimum absolute atomic E-state index is 0.359. The lowest BCUT2D eigenvalue weighted by atomic mass is 10.1. The third-order valence-electron chi connectivity index (χ3n) is 3.39. The van der Waals surface area contributed by atoms with Gasteiger partial charge in [-0.25, -0.2) is 9.78 Å². The molecule has 3 N–H and O–H groups in total. The van der Waals surface area contributed by atoms with Gasteiger partial charge in [-0.05, 0) is 6.07 Å². The van der Waals surface area contributed by atoms with Gasteiger partial charge in [-0.15, -0.1) is 0 Å². The molecule has 5 nitrogen and oxygen atoms in total. The van der Waals surface area contributed by atoms with E-state index in [1.54, 1.807) is 18.5 Å². The second-order valence-electron chi connectivity index (χ2n) is 4.53. The van der Waals surface area contributed by atoms with Crippen LogP contribution < -0.4 is 4.90 Å². The number of fused-ring (bicyclic) bond motifs is 1. The molecule has 1 unspecified atom stereocenters. The molecule has 0 saturated heterocycles. The second-order valence-corrected chi connectivity index (χ2v) is 4.53. The summed E-state index contributed by atoms with van der Waals surface area (Å²) >= 11 is 0. The fourth-order valence-electron chi connectivity index (χ4n) is 2.47. The van der Waals surface area contributed by atoms with Gasteiger partial charge >= 0.3 is 5.97 Å². The normalized spacial score (nSPS) is 17.7. The summed E-state index contributed by atoms with van der Waals surface area (Å²) in [7, 11) is 0. The Bertz CT molecular complexity index is 578. The molecular formula is C13H14N3O2+. The summed E-state index contributed by atoms with van der Waals surface area (Å²) in [4.78, 5) is 19.4. The number of hydrogen-bond acceptors (Lipinski definition) is 2. The summed E-state index contributed by atoms with van der Waals surface area (Å²) in [6, 6.07) is 5.40. The van der Waals surface area contributed by atoms with Crippen molar-refractivity contribution >= 4 is 11.7 Å². The molecule has 1 aliphatic rings. The first kappa shape index (κ1) is 11.0. The molecule has 92 valence electrons. The zero-order valence-electron chi connectivity index (χ0n) is 9.81. The summed E-state index contributed by atoms with van der Waals surface area (Å²) < 4.78 is 0. The van der Waals surface area contributed by atoms with E-state index in [9.17, 15) is 4.79 Å². The Morgan fingerprint density at radius 3 is 3.11 bits per heavy atom. The number of H-pyrrole nitrogens is 1. The van der Waals surface area contributed by atoms with E-state index >= 15 is 0 Å². The zero-order chi connectivity index (χ0) is 12.5. The van der Waals surface area contributed by atoms with Crippen LogP contribution in [0.15, 0.2) is 30.7 Å². The van der Waals surface area contributed by atoms with Crippen molar-refractivity contribution in [3.05, 3.63) is 47.5 Å². The fourth-order valence-corrected chi connectivity index (χ4v) is 2.47. The Kier molecular flexibility index (Phi) is 2.60. The van der Waals surface area contributed by atoms with Crippen LogP contribution in [0.2, 0.25) is 0 Å². The molecule has 0 amide bonds. The summed E-state index contributed by atoms with van der Waals surface area (Å²) in [5.41, 5.74) is 3.77. The van der Waals surface area contributed by atoms with Crippen LogP contribution in [0.3, 0.4) is 0 Å². The largest absolute Gasteiger partial charge is 0.478 e. The second kappa shape index (κ2) is 4.27. The molecule has 2 aromatic rings. The molecule has 0 fully saturated rings. The van der Waals surface area contributed by atoms with Gasteiger partial charge in [0.05, 0.1) is 30.3 Å². The quantitative estimate of drug-likeness (QED) is 0.731. The zero-order valence-corrected chi connectivity index (χ0v) is 9.81. The van der Waals surface area contributed by atoms with Crippen molar-refractivity contribution in [2.24, 2.45) is 0 Å². The van der Waals surface area contributed by atoms with Gasteiger partial charge in [0.2, 0.25) is 0 Å². The highest BCUT2D eigenvalue weighted by Crippen LogP contribution is 2.18. The van der Waals surface area contributed by atoms with Crippen LogP contribution in [0.5, 0.6) is 0 Å². The molecule has 5 heteroatoms. The van der Waals surface area contributed by atoms with Crippen molar-refractivity contribution in [1.82, 2.24) is 9.97 Å². The van der Waals surface area contributed by atoms with E-state index in [0.717, 1.165) is 30.9 Å². The lowest BCUT2D eigenvalue weighted by molar-refractivity contribution is -0.841. The van der Waals surface area contributed by atoms with Crippen LogP contribution in [0.25, 0.3) is 0 Å². The predicted molar refractivity (Wildman–Crippen MR) is 64.9 cm³/mol. The molecule has 0 radical (unpaired) electrons. The van der Waals surface area contributed by atoms with Crippen molar-refractivity contribution < 1.29 is 14.8 Å². The smallest absolute Gasteiger partial charge is 0.335 e. The maximum atomic E-state index is 11.0. The minimum atomic E-state index is -0.870. The number of carboxylic acids is 1. The molecule has 3 rings (SSSR count). The average molecular weight is 244 g/mol. The fraction of sp³-hybridized carbons (Fsp3) is 0.231. The highest BCUT2D eigenvalue weighted by Gasteiger charge is 2.26. The maximum Gasteiger partial charge on any atom is 0.335 e. The number of aromatic nitrogens is 2. The van der Waals surface area contributed by atoms with Crippen LogP contribution in [0.4, 0.5) is 5.69 Å². The Labute approximate surface area is 104 Å². The van der Waals surface area contributed by atoms with Gasteiger partial charge in [-0.2, -0.15) is 0 Å². The van der Waals surface area contributed by atoms with Crippen molar-refractivity contribution in [3.63, 3.8) is 0 Å². The first-order valence-electron chi connectivity index (χ1n) is 5.92. The van der Waals surface area contributed by atoms with Crippen LogP contribution >= 0.6 is 0 Å². The van der Waals surface area contributed by atoms with Gasteiger partial charge in [0.25, 0.3) is 0 Å². The van der Waals surface area contributed by atoms with E-state index in [1.165, 1.54) is 10.5 Å². The maximum absolute atomic E-state index is 11.0. The molecular weight excluding hydrogens is 230 g/mol. The topological polar surface area (TPSA) is 70.4 Å². The van der Waals surface area contributed by atoms with Crippen molar-refractivity contribution in [2.45, 2.75) is 13.0 Å². The molecule has 2 heterocycles. The summed E-state index contributed by atoms with van der Waals surface area (Å²) in [6.45, 7) is 1.81. The lowest BCUT2D eigenvalue weighted by Crippen LogP contribution is -3.04. The predicted octanol–water partition coefficient (Wildman–Crippen LogP) is 0.381. The van der Waals surface area contributed by atoms with E-state index < -0.39 is 5.97 Å². The number of nitrogens with zero attached hydrogens (tertiary/aromatic N) is 1. The first-order valence-corrected chi connectivity index (χ1v) is 5.92. The number of imidazole rings is 1. The van der Waals surface area contributed by atoms with E-state index in [0.29, 0.717) is 5.56 Å². The monoisotopic (exact) mass is 244 g/mol. The molecule has 0 spiro atoms. The van der Waals surface area contributed by atoms with E-state index in [2.05, 4.69) is 9.97 Å². The molecule has 0 aliphatic carbocycles. The Morgan fingerprint density at radius 2 is 2.39 bits per heavy atom. The number of nitrogens with one attached hydrogen (secondary N) is 2. The van der Waals surface area contributed by atoms with Crippen molar-refractivity contribution in [1.29, 1.82) is 0 Å². The third-order valence-corrected chi connectivity index (χ3v) is 3.39. The summed E-state index contributed by atoms with van der Waals surface area (Å²) in [6.07, 6.45) is 4.48. The highest BCUT2D eigenvalue weighted by molar-refractivity contribution is 5.88. The molecule has 18 heavy (non-hydrogen) atoms. The number of quaternary nitrogens is 1. The van der Waals surface area contributed by atoms with Gasteiger partial charge < -0.3 is 10.1 Å². The Balaban J connectivity index is 1.90. The van der Waals surface area contributed by atoms with Gasteiger partial charge in [-0.3, -0.25) is 4.90 Å². The summed E-state index contributed by atoms with van der Waals surface area (Å²) in [5, 5.41) is 9.03. The Morgan fingerprint density at radius 1 is 1.50 bits per heavy atom. The average Bonchev–Trinajstić information content (AvgIpc) is 2.99. The number of hydrogen-bond donors (Lipinski definition) is 3. The number of aromatic amines is 1. The van der Waals surface area contributed by atoms with Gasteiger partial charge in [0.15, 0.2) is 0 Å². The highest BCUT2D eigenvalue weighted by atomic mass is 16.4. The van der Waals surface area contributed by atoms with Crippen LogP contribution in [0, 0.1) is 0 Å². The number of carbonyl (C=O) groups is 1. The molecule has 0 saturated carbocycles. The Hall–Kier alpha value is -2.14. The molecule has 1 aromatic carbocycles. The standard InChI is InChI=1S/C13H13N3O2/c17-13(18)10-2-1-9-3-4-16(12(9)5-10)7-11-6-14-8-15-11/h1-2,5-6,8H,3-4,7H2,(H,14,15)(H,17,18)/p+1. The number of rotatable bonds is 3.